The third kappa shape index (κ3) is 3.67. The molecular weight excluding hydrogens is 368 g/mol. The molecular formula is C15H16N2O8S. The van der Waals surface area contributed by atoms with Crippen LogP contribution in [-0.2, 0) is 14.9 Å². The van der Waals surface area contributed by atoms with E-state index in [9.17, 15) is 23.7 Å². The molecule has 1 saturated heterocycles. The predicted octanol–water partition coefficient (Wildman–Crippen LogP) is -0.825. The summed E-state index contributed by atoms with van der Waals surface area (Å²) in [6.45, 7) is 0. The first-order valence-electron chi connectivity index (χ1n) is 7.47. The van der Waals surface area contributed by atoms with Crippen molar-refractivity contribution in [3.05, 3.63) is 42.9 Å². The van der Waals surface area contributed by atoms with Crippen LogP contribution in [0.25, 0.3) is 11.3 Å². The molecule has 1 unspecified atom stereocenters. The van der Waals surface area contributed by atoms with E-state index >= 15 is 0 Å². The molecule has 4 N–H and O–H groups in total. The molecule has 140 valence electrons. The highest BCUT2D eigenvalue weighted by Gasteiger charge is 2.50. The first-order valence-corrected chi connectivity index (χ1v) is 8.97. The molecule has 0 amide bonds. The van der Waals surface area contributed by atoms with Crippen LogP contribution in [0.5, 0.6) is 5.75 Å². The lowest BCUT2D eigenvalue weighted by Gasteiger charge is -2.38. The summed E-state index contributed by atoms with van der Waals surface area (Å²) in [6, 6.07) is 6.36. The highest BCUT2D eigenvalue weighted by atomic mass is 32.2. The molecule has 0 saturated carbocycles. The maximum Gasteiger partial charge on any atom is 0.295 e. The zero-order chi connectivity index (χ0) is 18.9. The van der Waals surface area contributed by atoms with Gasteiger partial charge in [0.25, 0.3) is 10.1 Å². The molecule has 11 heteroatoms. The van der Waals surface area contributed by atoms with E-state index in [0.29, 0.717) is 11.3 Å². The van der Waals surface area contributed by atoms with E-state index in [1.807, 2.05) is 0 Å². The zero-order valence-corrected chi connectivity index (χ0v) is 14.0. The number of aromatic nitrogens is 2. The average Bonchev–Trinajstić information content (AvgIpc) is 2.62. The van der Waals surface area contributed by atoms with Crippen LogP contribution in [0.15, 0.2) is 42.9 Å². The second-order valence-electron chi connectivity index (χ2n) is 5.56. The normalized spacial score (nSPS) is 29.3. The topological polar surface area (TPSA) is 159 Å². The number of ether oxygens (including phenoxy) is 2. The largest absolute Gasteiger partial charge is 0.460 e. The van der Waals surface area contributed by atoms with Gasteiger partial charge in [-0.2, -0.15) is 8.42 Å². The SMILES string of the molecule is O=S(=O)(O)C1O[C@@H](Oc2cccnc2-c2ccncc2)[C@H](O)[C@@H](O)[C@@H]1O. The van der Waals surface area contributed by atoms with Gasteiger partial charge in [-0.25, -0.2) is 0 Å². The number of aliphatic hydroxyl groups is 3. The van der Waals surface area contributed by atoms with E-state index in [1.165, 1.54) is 24.7 Å². The first kappa shape index (κ1) is 18.6. The van der Waals surface area contributed by atoms with E-state index < -0.39 is 40.2 Å². The van der Waals surface area contributed by atoms with Gasteiger partial charge in [-0.05, 0) is 24.3 Å². The summed E-state index contributed by atoms with van der Waals surface area (Å²) in [5, 5.41) is 29.6. The third-order valence-electron chi connectivity index (χ3n) is 3.79. The Bertz CT molecular complexity index is 863. The maximum atomic E-state index is 11.3. The molecule has 0 bridgehead atoms. The zero-order valence-electron chi connectivity index (χ0n) is 13.2. The van der Waals surface area contributed by atoms with Gasteiger partial charge in [-0.15, -0.1) is 0 Å². The summed E-state index contributed by atoms with van der Waals surface area (Å²) < 4.78 is 42.3. The molecule has 10 nitrogen and oxygen atoms in total. The van der Waals surface area contributed by atoms with Crippen LogP contribution in [0.1, 0.15) is 0 Å². The fraction of sp³-hybridized carbons (Fsp3) is 0.333. The van der Waals surface area contributed by atoms with Gasteiger partial charge in [0.15, 0.2) is 0 Å². The molecule has 0 spiro atoms. The van der Waals surface area contributed by atoms with E-state index in [4.69, 9.17) is 14.0 Å². The van der Waals surface area contributed by atoms with Crippen LogP contribution in [0.2, 0.25) is 0 Å². The van der Waals surface area contributed by atoms with Gasteiger partial charge in [-0.1, -0.05) is 0 Å². The van der Waals surface area contributed by atoms with Crippen LogP contribution in [-0.4, -0.2) is 68.3 Å². The Kier molecular flexibility index (Phi) is 5.18. The smallest absolute Gasteiger partial charge is 0.295 e. The molecule has 0 aliphatic carbocycles. The molecule has 26 heavy (non-hydrogen) atoms. The lowest BCUT2D eigenvalue weighted by atomic mass is 10.1. The quantitative estimate of drug-likeness (QED) is 0.490. The Hall–Kier alpha value is -2.15. The molecule has 2 aromatic heterocycles. The van der Waals surface area contributed by atoms with Gasteiger partial charge in [-0.3, -0.25) is 14.5 Å². The van der Waals surface area contributed by atoms with Crippen LogP contribution < -0.4 is 4.74 Å². The van der Waals surface area contributed by atoms with Crippen LogP contribution in [0, 0.1) is 0 Å². The van der Waals surface area contributed by atoms with Crippen molar-refractivity contribution in [2.24, 2.45) is 0 Å². The Balaban J connectivity index is 1.91. The summed E-state index contributed by atoms with van der Waals surface area (Å²) in [7, 11) is -4.87. The van der Waals surface area contributed by atoms with Crippen LogP contribution in [0.4, 0.5) is 0 Å². The number of rotatable bonds is 4. The molecule has 1 aliphatic rings. The number of hydrogen-bond acceptors (Lipinski definition) is 9. The Morgan fingerprint density at radius 2 is 1.69 bits per heavy atom. The lowest BCUT2D eigenvalue weighted by Crippen LogP contribution is -2.61. The summed E-state index contributed by atoms with van der Waals surface area (Å²) in [5.74, 6) is 0.125. The molecule has 5 atom stereocenters. The van der Waals surface area contributed by atoms with Crippen molar-refractivity contribution in [1.29, 1.82) is 0 Å². The van der Waals surface area contributed by atoms with Crippen molar-refractivity contribution in [2.45, 2.75) is 30.0 Å². The number of nitrogens with zero attached hydrogens (tertiary/aromatic N) is 2. The van der Waals surface area contributed by atoms with E-state index in [0.717, 1.165) is 0 Å². The Morgan fingerprint density at radius 3 is 2.35 bits per heavy atom. The minimum Gasteiger partial charge on any atom is -0.460 e. The van der Waals surface area contributed by atoms with Gasteiger partial charge in [0.05, 0.1) is 0 Å². The highest BCUT2D eigenvalue weighted by Crippen LogP contribution is 2.31. The number of aliphatic hydroxyl groups excluding tert-OH is 3. The average molecular weight is 384 g/mol. The van der Waals surface area contributed by atoms with Gasteiger partial charge in [0, 0.05) is 24.2 Å². The van der Waals surface area contributed by atoms with Gasteiger partial charge < -0.3 is 24.8 Å². The maximum absolute atomic E-state index is 11.3. The van der Waals surface area contributed by atoms with Crippen molar-refractivity contribution < 1.29 is 37.8 Å². The summed E-state index contributed by atoms with van der Waals surface area (Å²) >= 11 is 0. The summed E-state index contributed by atoms with van der Waals surface area (Å²) in [5.41, 5.74) is -1.19. The lowest BCUT2D eigenvalue weighted by molar-refractivity contribution is -0.254. The van der Waals surface area contributed by atoms with Gasteiger partial charge in [0.2, 0.25) is 11.7 Å². The number of hydrogen-bond donors (Lipinski definition) is 4. The molecule has 1 fully saturated rings. The Labute approximate surface area is 148 Å². The third-order valence-corrected chi connectivity index (χ3v) is 4.76. The van der Waals surface area contributed by atoms with E-state index in [-0.39, 0.29) is 5.75 Å². The van der Waals surface area contributed by atoms with E-state index in [1.54, 1.807) is 18.2 Å². The molecule has 1 aliphatic heterocycles. The minimum atomic E-state index is -4.87. The van der Waals surface area contributed by atoms with Crippen molar-refractivity contribution in [3.8, 4) is 17.0 Å². The number of pyridine rings is 2. The summed E-state index contributed by atoms with van der Waals surface area (Å²) in [4.78, 5) is 8.07. The second kappa shape index (κ2) is 7.23. The first-order chi connectivity index (χ1) is 12.3. The fourth-order valence-electron chi connectivity index (χ4n) is 2.50. The van der Waals surface area contributed by atoms with Crippen LogP contribution >= 0.6 is 0 Å². The highest BCUT2D eigenvalue weighted by molar-refractivity contribution is 7.86. The van der Waals surface area contributed by atoms with Crippen molar-refractivity contribution in [1.82, 2.24) is 9.97 Å². The van der Waals surface area contributed by atoms with Gasteiger partial charge >= 0.3 is 0 Å². The Morgan fingerprint density at radius 1 is 1.00 bits per heavy atom. The molecule has 3 rings (SSSR count). The van der Waals surface area contributed by atoms with Crippen molar-refractivity contribution in [3.63, 3.8) is 0 Å². The molecule has 0 radical (unpaired) electrons. The monoisotopic (exact) mass is 384 g/mol. The molecule has 0 aromatic carbocycles. The molecule has 3 heterocycles. The van der Waals surface area contributed by atoms with Crippen molar-refractivity contribution in [2.75, 3.05) is 0 Å². The summed E-state index contributed by atoms with van der Waals surface area (Å²) in [6.07, 6.45) is -2.84. The van der Waals surface area contributed by atoms with Crippen LogP contribution in [0.3, 0.4) is 0 Å². The second-order valence-corrected chi connectivity index (χ2v) is 7.06. The molecule has 2 aromatic rings. The standard InChI is InChI=1S/C15H16N2O8S/c18-11-12(19)14(25-15(13(11)20)26(21,22)23)24-9-2-1-5-17-10(9)8-3-6-16-7-4-8/h1-7,11-15,18-20H,(H,21,22,23)/t11-,12-,13+,14-,15?/m1/s1. The fourth-order valence-corrected chi connectivity index (χ4v) is 3.26. The van der Waals surface area contributed by atoms with Gasteiger partial charge in [0.1, 0.15) is 29.8 Å². The van der Waals surface area contributed by atoms with Crippen molar-refractivity contribution >= 4 is 10.1 Å². The van der Waals surface area contributed by atoms with E-state index in [2.05, 4.69) is 9.97 Å². The predicted molar refractivity (Wildman–Crippen MR) is 86.3 cm³/mol. The minimum absolute atomic E-state index is 0.125.